The largest absolute Gasteiger partial charge is 1.00 e. The van der Waals surface area contributed by atoms with Crippen molar-refractivity contribution in [2.75, 3.05) is 6.16 Å². The van der Waals surface area contributed by atoms with E-state index in [4.69, 9.17) is 14.3 Å². The molecule has 118 valence electrons. The number of nitrogens with zero attached hydrogens (tertiary/aromatic N) is 1. The second-order valence-electron chi connectivity index (χ2n) is 5.32. The van der Waals surface area contributed by atoms with Crippen LogP contribution in [0.15, 0.2) is 28.1 Å². The van der Waals surface area contributed by atoms with Crippen molar-refractivity contribution in [3.8, 4) is 0 Å². The standard InChI is InChI=1S/C12H16NO6PS.K.H/c1-8-12(2,5-6-20(14,15)16)10-7-9(21(17,18)19)3-4-11(10)13-8;;/h3-4,7H,5-6H2,1-2H3,(H2,14,15,16)(H,17,18,19);;/q;+1;-1. The second-order valence-corrected chi connectivity index (χ2v) is 8.52. The van der Waals surface area contributed by atoms with Gasteiger partial charge in [-0.25, -0.2) is 0 Å². The van der Waals surface area contributed by atoms with E-state index in [9.17, 15) is 13.0 Å². The monoisotopic (exact) mass is 373 g/mol. The zero-order valence-corrected chi connectivity index (χ0v) is 17.3. The zero-order valence-electron chi connectivity index (χ0n) is 13.5. The molecule has 1 aromatic carbocycles. The van der Waals surface area contributed by atoms with Crippen molar-refractivity contribution >= 4 is 29.1 Å². The van der Waals surface area contributed by atoms with Crippen molar-refractivity contribution in [2.24, 2.45) is 4.99 Å². The minimum absolute atomic E-state index is 0. The molecule has 1 unspecified atom stereocenters. The Morgan fingerprint density at radius 3 is 2.45 bits per heavy atom. The molecule has 0 aliphatic carbocycles. The summed E-state index contributed by atoms with van der Waals surface area (Å²) in [6, 6.07) is 4.04. The van der Waals surface area contributed by atoms with E-state index in [1.165, 1.54) is 18.2 Å². The predicted octanol–water partition coefficient (Wildman–Crippen LogP) is -1.02. The van der Waals surface area contributed by atoms with Crippen molar-refractivity contribution in [3.05, 3.63) is 23.8 Å². The van der Waals surface area contributed by atoms with E-state index >= 15 is 0 Å². The van der Waals surface area contributed by atoms with Crippen molar-refractivity contribution in [2.45, 2.75) is 30.6 Å². The average Bonchev–Trinajstić information content (AvgIpc) is 2.58. The van der Waals surface area contributed by atoms with Crippen molar-refractivity contribution in [1.29, 1.82) is 0 Å². The number of hydrogen-bond acceptors (Lipinski definition) is 4. The van der Waals surface area contributed by atoms with Crippen LogP contribution in [0.4, 0.5) is 5.69 Å². The van der Waals surface area contributed by atoms with Crippen LogP contribution < -0.4 is 51.4 Å². The first kappa shape index (κ1) is 20.6. The fraction of sp³-hybridized carbons (Fsp3) is 0.417. The number of hydrogen-bond donors (Lipinski definition) is 3. The number of fused-ring (bicyclic) bond motifs is 1. The van der Waals surface area contributed by atoms with Gasteiger partial charge in [0.15, 0.2) is 0 Å². The van der Waals surface area contributed by atoms with E-state index in [1.54, 1.807) is 13.8 Å². The van der Waals surface area contributed by atoms with E-state index in [0.717, 1.165) is 0 Å². The molecule has 0 fully saturated rings. The molecule has 3 N–H and O–H groups in total. The topological polar surface area (TPSA) is 124 Å². The van der Waals surface area contributed by atoms with Gasteiger partial charge in [-0.3, -0.25) is 14.1 Å². The van der Waals surface area contributed by atoms with Crippen LogP contribution in [0.5, 0.6) is 0 Å². The summed E-state index contributed by atoms with van der Waals surface area (Å²) in [6.07, 6.45) is -0.194. The van der Waals surface area contributed by atoms with Crippen LogP contribution in [0.3, 0.4) is 0 Å². The van der Waals surface area contributed by atoms with Crippen LogP contribution in [0.2, 0.25) is 0 Å². The van der Waals surface area contributed by atoms with Crippen molar-refractivity contribution in [3.63, 3.8) is 0 Å². The van der Waals surface area contributed by atoms with E-state index in [2.05, 4.69) is 4.99 Å². The van der Waals surface area contributed by atoms with Gasteiger partial charge in [-0.05, 0) is 37.1 Å². The fourth-order valence-electron chi connectivity index (χ4n) is 2.40. The molecule has 1 aliphatic rings. The molecule has 0 saturated heterocycles. The molecular formula is C12H17KNO6PS. The maximum Gasteiger partial charge on any atom is 1.00 e. The third kappa shape index (κ3) is 4.35. The summed E-state index contributed by atoms with van der Waals surface area (Å²) in [4.78, 5) is 22.2. The van der Waals surface area contributed by atoms with E-state index in [-0.39, 0.29) is 70.3 Å². The van der Waals surface area contributed by atoms with E-state index < -0.39 is 23.1 Å². The van der Waals surface area contributed by atoms with Gasteiger partial charge in [0, 0.05) is 11.1 Å². The van der Waals surface area contributed by atoms with E-state index in [1.807, 2.05) is 0 Å². The van der Waals surface area contributed by atoms with Gasteiger partial charge in [0.2, 0.25) is 0 Å². The summed E-state index contributed by atoms with van der Waals surface area (Å²) < 4.78 is 42.7. The van der Waals surface area contributed by atoms with Crippen molar-refractivity contribution < 1.29 is 80.1 Å². The Morgan fingerprint density at radius 1 is 1.36 bits per heavy atom. The molecule has 0 saturated carbocycles. The number of benzene rings is 1. The minimum atomic E-state index is -4.34. The molecule has 2 rings (SSSR count). The molecule has 0 spiro atoms. The summed E-state index contributed by atoms with van der Waals surface area (Å²) in [5, 5.41) is 0. The third-order valence-corrected chi connectivity index (χ3v) is 5.51. The summed E-state index contributed by atoms with van der Waals surface area (Å²) >= 11 is 0. The van der Waals surface area contributed by atoms with Gasteiger partial charge in [0.25, 0.3) is 10.1 Å². The Morgan fingerprint density at radius 2 is 1.95 bits per heavy atom. The van der Waals surface area contributed by atoms with Gasteiger partial charge in [-0.15, -0.1) is 0 Å². The third-order valence-electron chi connectivity index (χ3n) is 3.85. The van der Waals surface area contributed by atoms with Gasteiger partial charge < -0.3 is 11.2 Å². The molecule has 0 radical (unpaired) electrons. The zero-order chi connectivity index (χ0) is 16.1. The van der Waals surface area contributed by atoms with Gasteiger partial charge in [0.05, 0.1) is 16.7 Å². The maximum absolute atomic E-state index is 11.2. The summed E-state index contributed by atoms with van der Waals surface area (Å²) in [7, 11) is -8.51. The van der Waals surface area contributed by atoms with Gasteiger partial charge >= 0.3 is 59.0 Å². The quantitative estimate of drug-likeness (QED) is 0.353. The first-order valence-electron chi connectivity index (χ1n) is 6.16. The Labute approximate surface area is 173 Å². The smallest absolute Gasteiger partial charge is 1.00 e. The molecule has 7 nitrogen and oxygen atoms in total. The van der Waals surface area contributed by atoms with Gasteiger partial charge in [-0.1, -0.05) is 6.92 Å². The number of rotatable bonds is 4. The molecule has 10 heteroatoms. The van der Waals surface area contributed by atoms with Crippen LogP contribution in [-0.4, -0.2) is 34.6 Å². The van der Waals surface area contributed by atoms with Crippen LogP contribution in [0.1, 0.15) is 27.3 Å². The molecule has 0 amide bonds. The molecule has 0 bridgehead atoms. The fourth-order valence-corrected chi connectivity index (χ4v) is 3.64. The molecular weight excluding hydrogens is 356 g/mol. The maximum atomic E-state index is 11.2. The predicted molar refractivity (Wildman–Crippen MR) is 79.0 cm³/mol. The van der Waals surface area contributed by atoms with Crippen LogP contribution in [0.25, 0.3) is 0 Å². The SMILES string of the molecule is CC1=Nc2ccc(S(=O)(=O)O)cc2C1(C)CCP(=O)(O)O.[H-].[K+]. The molecule has 22 heavy (non-hydrogen) atoms. The Kier molecular flexibility index (Phi) is 6.41. The molecule has 1 aromatic rings. The van der Waals surface area contributed by atoms with Crippen LogP contribution in [-0.2, 0) is 20.1 Å². The first-order valence-corrected chi connectivity index (χ1v) is 9.40. The first-order chi connectivity index (χ1) is 9.43. The minimum Gasteiger partial charge on any atom is -1.00 e. The number of aliphatic imine (C=N–C) groups is 1. The second kappa shape index (κ2) is 6.83. The Hall–Kier alpha value is 0.586. The molecule has 1 heterocycles. The van der Waals surface area contributed by atoms with Crippen LogP contribution >= 0.6 is 7.60 Å². The van der Waals surface area contributed by atoms with Gasteiger partial charge in [0.1, 0.15) is 0 Å². The normalized spacial score (nSPS) is 21.0. The van der Waals surface area contributed by atoms with Gasteiger partial charge in [-0.2, -0.15) is 8.42 Å². The van der Waals surface area contributed by atoms with Crippen molar-refractivity contribution in [1.82, 2.24) is 0 Å². The summed E-state index contributed by atoms with van der Waals surface area (Å²) in [6.45, 7) is 3.48. The molecule has 1 atom stereocenters. The molecule has 1 aliphatic heterocycles. The summed E-state index contributed by atoms with van der Waals surface area (Å²) in [5.41, 5.74) is 0.979. The summed E-state index contributed by atoms with van der Waals surface area (Å²) in [5.74, 6) is 0. The van der Waals surface area contributed by atoms with E-state index in [0.29, 0.717) is 17.0 Å². The average molecular weight is 373 g/mol. The molecule has 0 aromatic heterocycles. The Balaban J connectivity index is 0.00000242. The van der Waals surface area contributed by atoms with Crippen LogP contribution in [0, 0.1) is 0 Å². The Bertz CT molecular complexity index is 778.